The summed E-state index contributed by atoms with van der Waals surface area (Å²) < 4.78 is 0. The van der Waals surface area contributed by atoms with Crippen molar-refractivity contribution in [1.29, 1.82) is 0 Å². The van der Waals surface area contributed by atoms with Gasteiger partial charge in [-0.3, -0.25) is 4.90 Å². The molecule has 2 aromatic rings. The van der Waals surface area contributed by atoms with Gasteiger partial charge in [0.2, 0.25) is 0 Å². The quantitative estimate of drug-likeness (QED) is 0.574. The Morgan fingerprint density at radius 2 is 2.16 bits per heavy atom. The molecule has 0 unspecified atom stereocenters. The molecule has 0 fully saturated rings. The summed E-state index contributed by atoms with van der Waals surface area (Å²) in [5, 5.41) is 9.88. The van der Waals surface area contributed by atoms with Gasteiger partial charge in [0.15, 0.2) is 0 Å². The van der Waals surface area contributed by atoms with Crippen molar-refractivity contribution in [2.75, 3.05) is 12.9 Å². The Morgan fingerprint density at radius 3 is 2.84 bits per heavy atom. The molecular weight excluding hydrogens is 350 g/mol. The van der Waals surface area contributed by atoms with Gasteiger partial charge >= 0.3 is 5.97 Å². The molecule has 0 spiro atoms. The Morgan fingerprint density at radius 1 is 1.40 bits per heavy atom. The van der Waals surface area contributed by atoms with E-state index in [-0.39, 0.29) is 5.41 Å². The van der Waals surface area contributed by atoms with Crippen LogP contribution < -0.4 is 0 Å². The number of hydrogen-bond donors (Lipinski definition) is 2. The molecule has 25 heavy (non-hydrogen) atoms. The average Bonchev–Trinajstić information content (AvgIpc) is 2.92. The molecule has 1 aromatic heterocycles. The number of fused-ring (bicyclic) bond motifs is 1. The van der Waals surface area contributed by atoms with Crippen molar-refractivity contribution in [3.05, 3.63) is 45.8 Å². The minimum absolute atomic E-state index is 0.173. The number of thiol groups is 1. The summed E-state index contributed by atoms with van der Waals surface area (Å²) in [7, 11) is 2.02. The van der Waals surface area contributed by atoms with Crippen molar-refractivity contribution < 1.29 is 9.90 Å². The Balaban J connectivity index is 2.05. The molecule has 5 heteroatoms. The molecule has 0 radical (unpaired) electrons. The molecule has 0 aliphatic heterocycles. The SMILES string of the molecule is CN(CS)Cc1cccc(-c2sc3c(c2C(=O)O)CC(C)(C)CC3)c1. The fourth-order valence-corrected chi connectivity index (χ4v) is 4.93. The lowest BCUT2D eigenvalue weighted by Gasteiger charge is -2.29. The van der Waals surface area contributed by atoms with Crippen LogP contribution in [0.1, 0.15) is 46.6 Å². The molecule has 1 N–H and O–H groups in total. The van der Waals surface area contributed by atoms with E-state index in [1.54, 1.807) is 11.3 Å². The van der Waals surface area contributed by atoms with E-state index < -0.39 is 5.97 Å². The first-order chi connectivity index (χ1) is 11.8. The van der Waals surface area contributed by atoms with E-state index in [2.05, 4.69) is 43.5 Å². The molecule has 0 amide bonds. The summed E-state index contributed by atoms with van der Waals surface area (Å²) in [6.45, 7) is 5.26. The van der Waals surface area contributed by atoms with E-state index in [0.29, 0.717) is 11.4 Å². The number of rotatable bonds is 5. The van der Waals surface area contributed by atoms with Crippen molar-refractivity contribution >= 4 is 29.9 Å². The topological polar surface area (TPSA) is 40.5 Å². The molecule has 1 heterocycles. The molecular formula is C20H25NO2S2. The van der Waals surface area contributed by atoms with Crippen LogP contribution in [0.15, 0.2) is 24.3 Å². The monoisotopic (exact) mass is 375 g/mol. The normalized spacial score (nSPS) is 16.0. The van der Waals surface area contributed by atoms with Gasteiger partial charge in [-0.05, 0) is 54.5 Å². The van der Waals surface area contributed by atoms with Crippen LogP contribution in [0.2, 0.25) is 0 Å². The average molecular weight is 376 g/mol. The van der Waals surface area contributed by atoms with Crippen molar-refractivity contribution in [3.8, 4) is 10.4 Å². The van der Waals surface area contributed by atoms with Crippen molar-refractivity contribution in [2.24, 2.45) is 5.41 Å². The molecule has 3 rings (SSSR count). The summed E-state index contributed by atoms with van der Waals surface area (Å²) in [5.74, 6) is -0.115. The van der Waals surface area contributed by atoms with E-state index in [1.807, 2.05) is 19.2 Å². The molecule has 0 saturated carbocycles. The van der Waals surface area contributed by atoms with Gasteiger partial charge in [0.25, 0.3) is 0 Å². The third kappa shape index (κ3) is 3.94. The number of hydrogen-bond acceptors (Lipinski definition) is 4. The van der Waals surface area contributed by atoms with Crippen molar-refractivity contribution in [2.45, 2.75) is 39.7 Å². The summed E-state index contributed by atoms with van der Waals surface area (Å²) in [4.78, 5) is 16.3. The number of aryl methyl sites for hydroxylation is 1. The first-order valence-electron chi connectivity index (χ1n) is 8.57. The van der Waals surface area contributed by atoms with Crippen molar-refractivity contribution in [1.82, 2.24) is 4.90 Å². The maximum absolute atomic E-state index is 12.0. The van der Waals surface area contributed by atoms with E-state index in [1.165, 1.54) is 10.4 Å². The number of aromatic carboxylic acids is 1. The van der Waals surface area contributed by atoms with E-state index in [9.17, 15) is 9.90 Å². The molecule has 1 aliphatic rings. The van der Waals surface area contributed by atoms with Crippen LogP contribution in [-0.4, -0.2) is 28.9 Å². The lowest BCUT2D eigenvalue weighted by Crippen LogP contribution is -2.22. The highest BCUT2D eigenvalue weighted by molar-refractivity contribution is 7.80. The summed E-state index contributed by atoms with van der Waals surface area (Å²) in [6.07, 6.45) is 2.95. The summed E-state index contributed by atoms with van der Waals surface area (Å²) in [5.41, 5.74) is 3.94. The Hall–Kier alpha value is -1.30. The lowest BCUT2D eigenvalue weighted by atomic mass is 9.76. The Labute approximate surface area is 159 Å². The van der Waals surface area contributed by atoms with Gasteiger partial charge in [-0.25, -0.2) is 4.79 Å². The Kier molecular flexibility index (Phi) is 5.28. The second-order valence-corrected chi connectivity index (χ2v) is 9.10. The number of carboxylic acids is 1. The second kappa shape index (κ2) is 7.14. The molecule has 134 valence electrons. The first kappa shape index (κ1) is 18.5. The van der Waals surface area contributed by atoms with Crippen LogP contribution >= 0.6 is 24.0 Å². The van der Waals surface area contributed by atoms with Crippen LogP contribution in [0.4, 0.5) is 0 Å². The standard InChI is InChI=1S/C20H25NO2S2/c1-20(2)8-7-16-15(10-20)17(19(22)23)18(25-16)14-6-4-5-13(9-14)11-21(3)12-24/h4-6,9,24H,7-8,10-12H2,1-3H3,(H,22,23). The first-order valence-corrected chi connectivity index (χ1v) is 10.0. The predicted octanol–water partition coefficient (Wildman–Crippen LogP) is 4.95. The number of carboxylic acid groups (broad SMARTS) is 1. The van der Waals surface area contributed by atoms with E-state index >= 15 is 0 Å². The molecule has 1 aliphatic carbocycles. The lowest BCUT2D eigenvalue weighted by molar-refractivity contribution is 0.0696. The zero-order valence-corrected chi connectivity index (χ0v) is 16.7. The van der Waals surface area contributed by atoms with Gasteiger partial charge in [0.05, 0.1) is 5.56 Å². The zero-order chi connectivity index (χ0) is 18.2. The third-order valence-corrected chi connectivity index (χ3v) is 6.70. The maximum atomic E-state index is 12.0. The van der Waals surface area contributed by atoms with Crippen molar-refractivity contribution in [3.63, 3.8) is 0 Å². The highest BCUT2D eigenvalue weighted by Gasteiger charge is 2.32. The van der Waals surface area contributed by atoms with Gasteiger partial charge in [-0.1, -0.05) is 32.0 Å². The van der Waals surface area contributed by atoms with Gasteiger partial charge in [0.1, 0.15) is 0 Å². The number of carbonyl (C=O) groups is 1. The highest BCUT2D eigenvalue weighted by atomic mass is 32.1. The van der Waals surface area contributed by atoms with Crippen LogP contribution in [0.3, 0.4) is 0 Å². The summed E-state index contributed by atoms with van der Waals surface area (Å²) >= 11 is 5.97. The van der Waals surface area contributed by atoms with Crippen LogP contribution in [0.25, 0.3) is 10.4 Å². The largest absolute Gasteiger partial charge is 0.478 e. The van der Waals surface area contributed by atoms with Gasteiger partial charge < -0.3 is 5.11 Å². The number of nitrogens with zero attached hydrogens (tertiary/aromatic N) is 1. The smallest absolute Gasteiger partial charge is 0.337 e. The third-order valence-electron chi connectivity index (χ3n) is 4.87. The predicted molar refractivity (Wildman–Crippen MR) is 108 cm³/mol. The molecule has 0 saturated heterocycles. The van der Waals surface area contributed by atoms with Gasteiger partial charge in [-0.15, -0.1) is 11.3 Å². The number of thiophene rings is 1. The minimum Gasteiger partial charge on any atom is -0.478 e. The van der Waals surface area contributed by atoms with Crippen LogP contribution in [0.5, 0.6) is 0 Å². The zero-order valence-electron chi connectivity index (χ0n) is 15.0. The molecule has 1 aromatic carbocycles. The van der Waals surface area contributed by atoms with Gasteiger partial charge in [0, 0.05) is 22.2 Å². The molecule has 0 bridgehead atoms. The fraction of sp³-hybridized carbons (Fsp3) is 0.450. The highest BCUT2D eigenvalue weighted by Crippen LogP contribution is 2.45. The molecule has 0 atom stereocenters. The number of benzene rings is 1. The Bertz CT molecular complexity index is 795. The fourth-order valence-electron chi connectivity index (χ4n) is 3.52. The maximum Gasteiger partial charge on any atom is 0.337 e. The van der Waals surface area contributed by atoms with Crippen LogP contribution in [0, 0.1) is 5.41 Å². The minimum atomic E-state index is -0.803. The summed E-state index contributed by atoms with van der Waals surface area (Å²) in [6, 6.07) is 8.25. The van der Waals surface area contributed by atoms with Gasteiger partial charge in [-0.2, -0.15) is 12.6 Å². The molecule has 3 nitrogen and oxygen atoms in total. The van der Waals surface area contributed by atoms with Crippen LogP contribution in [-0.2, 0) is 19.4 Å². The van der Waals surface area contributed by atoms with E-state index in [4.69, 9.17) is 0 Å². The van der Waals surface area contributed by atoms with E-state index in [0.717, 1.165) is 41.8 Å². The second-order valence-electron chi connectivity index (χ2n) is 7.71.